The Morgan fingerprint density at radius 1 is 1.29 bits per heavy atom. The summed E-state index contributed by atoms with van der Waals surface area (Å²) < 4.78 is 4.56. The van der Waals surface area contributed by atoms with Gasteiger partial charge in [0.25, 0.3) is 0 Å². The molecule has 70 valence electrons. The van der Waals surface area contributed by atoms with E-state index in [1.165, 1.54) is 6.39 Å². The van der Waals surface area contributed by atoms with Crippen LogP contribution in [0.4, 0.5) is 0 Å². The number of nitrogens with zero attached hydrogens (tertiary/aromatic N) is 2. The van der Waals surface area contributed by atoms with Crippen LogP contribution in [0.25, 0.3) is 12.2 Å². The second-order valence-corrected chi connectivity index (χ2v) is 2.72. The van der Waals surface area contributed by atoms with Gasteiger partial charge in [-0.05, 0) is 23.8 Å². The molecule has 4 heteroatoms. The average Bonchev–Trinajstić information content (AvgIpc) is 2.67. The number of rotatable bonds is 2. The van der Waals surface area contributed by atoms with Crippen molar-refractivity contribution in [2.24, 2.45) is 0 Å². The highest BCUT2D eigenvalue weighted by molar-refractivity contribution is 5.66. The lowest BCUT2D eigenvalue weighted by Gasteiger charge is -1.92. The van der Waals surface area contributed by atoms with E-state index in [4.69, 9.17) is 0 Å². The van der Waals surface area contributed by atoms with Crippen LogP contribution < -0.4 is 0 Å². The summed E-state index contributed by atoms with van der Waals surface area (Å²) in [6, 6.07) is 6.91. The first-order valence-electron chi connectivity index (χ1n) is 4.08. The van der Waals surface area contributed by atoms with E-state index in [1.807, 2.05) is 6.07 Å². The second kappa shape index (κ2) is 3.74. The van der Waals surface area contributed by atoms with E-state index in [9.17, 15) is 5.11 Å². The van der Waals surface area contributed by atoms with Gasteiger partial charge in [-0.25, -0.2) is 0 Å². The lowest BCUT2D eigenvalue weighted by Crippen LogP contribution is -1.74. The zero-order valence-electron chi connectivity index (χ0n) is 7.29. The summed E-state index contributed by atoms with van der Waals surface area (Å²) >= 11 is 0. The van der Waals surface area contributed by atoms with Gasteiger partial charge in [-0.3, -0.25) is 0 Å². The second-order valence-electron chi connectivity index (χ2n) is 2.72. The molecule has 1 N–H and O–H groups in total. The molecule has 2 rings (SSSR count). The number of benzene rings is 1. The van der Waals surface area contributed by atoms with Crippen LogP contribution in [-0.4, -0.2) is 15.2 Å². The van der Waals surface area contributed by atoms with Crippen molar-refractivity contribution >= 4 is 12.2 Å². The smallest absolute Gasteiger partial charge is 0.214 e. The van der Waals surface area contributed by atoms with Crippen LogP contribution in [0.5, 0.6) is 5.75 Å². The first-order valence-corrected chi connectivity index (χ1v) is 4.08. The normalized spacial score (nSPS) is 10.9. The van der Waals surface area contributed by atoms with Gasteiger partial charge in [0.15, 0.2) is 5.82 Å². The Labute approximate surface area is 80.5 Å². The number of phenolic OH excluding ortho intramolecular Hbond substituents is 1. The molecule has 0 saturated heterocycles. The van der Waals surface area contributed by atoms with E-state index >= 15 is 0 Å². The van der Waals surface area contributed by atoms with Crippen molar-refractivity contribution in [1.29, 1.82) is 0 Å². The van der Waals surface area contributed by atoms with Gasteiger partial charge in [-0.2, -0.15) is 4.98 Å². The highest BCUT2D eigenvalue weighted by atomic mass is 16.5. The van der Waals surface area contributed by atoms with E-state index < -0.39 is 0 Å². The first-order chi connectivity index (χ1) is 6.84. The van der Waals surface area contributed by atoms with Crippen molar-refractivity contribution in [1.82, 2.24) is 10.1 Å². The quantitative estimate of drug-likeness (QED) is 0.782. The average molecular weight is 188 g/mol. The number of phenols is 1. The van der Waals surface area contributed by atoms with Gasteiger partial charge in [0.1, 0.15) is 5.75 Å². The van der Waals surface area contributed by atoms with Gasteiger partial charge in [-0.15, -0.1) is 0 Å². The number of hydrogen-bond donors (Lipinski definition) is 1. The Kier molecular flexibility index (Phi) is 2.27. The molecule has 0 atom stereocenters. The van der Waals surface area contributed by atoms with Gasteiger partial charge in [0, 0.05) is 0 Å². The van der Waals surface area contributed by atoms with Crippen LogP contribution >= 0.6 is 0 Å². The fraction of sp³-hybridized carbons (Fsp3) is 0. The van der Waals surface area contributed by atoms with E-state index in [0.29, 0.717) is 5.82 Å². The predicted molar refractivity (Wildman–Crippen MR) is 51.3 cm³/mol. The summed E-state index contributed by atoms with van der Waals surface area (Å²) in [4.78, 5) is 3.83. The molecule has 0 aliphatic rings. The highest BCUT2D eigenvalue weighted by Gasteiger charge is 1.92. The largest absolute Gasteiger partial charge is 0.508 e. The van der Waals surface area contributed by atoms with Crippen molar-refractivity contribution in [3.63, 3.8) is 0 Å². The van der Waals surface area contributed by atoms with Crippen molar-refractivity contribution in [3.05, 3.63) is 42.0 Å². The lowest BCUT2D eigenvalue weighted by molar-refractivity contribution is 0.415. The van der Waals surface area contributed by atoms with Crippen LogP contribution in [0.2, 0.25) is 0 Å². The van der Waals surface area contributed by atoms with Crippen LogP contribution in [-0.2, 0) is 0 Å². The van der Waals surface area contributed by atoms with Gasteiger partial charge in [0.05, 0.1) is 0 Å². The van der Waals surface area contributed by atoms with Crippen molar-refractivity contribution in [3.8, 4) is 5.75 Å². The molecule has 0 amide bonds. The molecule has 1 aromatic heterocycles. The van der Waals surface area contributed by atoms with Gasteiger partial charge in [0.2, 0.25) is 6.39 Å². The molecule has 1 aromatic carbocycles. The third-order valence-electron chi connectivity index (χ3n) is 1.67. The van der Waals surface area contributed by atoms with Gasteiger partial charge >= 0.3 is 0 Å². The molecule has 0 unspecified atom stereocenters. The molecule has 0 fully saturated rings. The minimum absolute atomic E-state index is 0.236. The summed E-state index contributed by atoms with van der Waals surface area (Å²) in [5.74, 6) is 0.744. The molecular weight excluding hydrogens is 180 g/mol. The maximum Gasteiger partial charge on any atom is 0.214 e. The van der Waals surface area contributed by atoms with E-state index in [-0.39, 0.29) is 5.75 Å². The maximum atomic E-state index is 9.19. The third-order valence-corrected chi connectivity index (χ3v) is 1.67. The number of aromatic nitrogens is 2. The van der Waals surface area contributed by atoms with Crippen molar-refractivity contribution < 1.29 is 9.63 Å². The van der Waals surface area contributed by atoms with E-state index in [1.54, 1.807) is 30.4 Å². The summed E-state index contributed by atoms with van der Waals surface area (Å²) in [6.07, 6.45) is 4.77. The molecule has 0 radical (unpaired) electrons. The van der Waals surface area contributed by atoms with Crippen LogP contribution in [0.3, 0.4) is 0 Å². The van der Waals surface area contributed by atoms with Crippen LogP contribution in [0.1, 0.15) is 11.4 Å². The minimum atomic E-state index is 0.236. The lowest BCUT2D eigenvalue weighted by atomic mass is 10.2. The molecule has 0 spiro atoms. The third kappa shape index (κ3) is 1.98. The molecule has 2 aromatic rings. The van der Waals surface area contributed by atoms with Gasteiger partial charge in [-0.1, -0.05) is 23.4 Å². The van der Waals surface area contributed by atoms with Gasteiger partial charge < -0.3 is 9.63 Å². The summed E-state index contributed by atoms with van der Waals surface area (Å²) in [5, 5.41) is 12.8. The fourth-order valence-corrected chi connectivity index (χ4v) is 1.05. The number of aromatic hydroxyl groups is 1. The Balaban J connectivity index is 2.18. The number of hydrogen-bond acceptors (Lipinski definition) is 4. The molecule has 0 saturated carbocycles. The van der Waals surface area contributed by atoms with E-state index in [0.717, 1.165) is 5.56 Å². The Morgan fingerprint density at radius 3 is 2.93 bits per heavy atom. The molecule has 14 heavy (non-hydrogen) atoms. The van der Waals surface area contributed by atoms with E-state index in [2.05, 4.69) is 14.7 Å². The Bertz CT molecular complexity index is 435. The van der Waals surface area contributed by atoms with Crippen molar-refractivity contribution in [2.45, 2.75) is 0 Å². The zero-order valence-corrected chi connectivity index (χ0v) is 7.29. The topological polar surface area (TPSA) is 59.2 Å². The summed E-state index contributed by atoms with van der Waals surface area (Å²) in [6.45, 7) is 0. The molecule has 0 bridgehead atoms. The van der Waals surface area contributed by atoms with Crippen molar-refractivity contribution in [2.75, 3.05) is 0 Å². The Hall–Kier alpha value is -2.10. The first kappa shape index (κ1) is 8.50. The molecular formula is C10H8N2O2. The highest BCUT2D eigenvalue weighted by Crippen LogP contribution is 2.12. The summed E-state index contributed by atoms with van der Waals surface area (Å²) in [7, 11) is 0. The zero-order chi connectivity index (χ0) is 9.80. The van der Waals surface area contributed by atoms with Crippen LogP contribution in [0.15, 0.2) is 35.2 Å². The Morgan fingerprint density at radius 2 is 2.21 bits per heavy atom. The molecule has 0 aliphatic heterocycles. The molecule has 1 heterocycles. The summed E-state index contributed by atoms with van der Waals surface area (Å²) in [5.41, 5.74) is 0.884. The standard InChI is InChI=1S/C10H8N2O2/c13-9-3-1-2-8(6-9)4-5-10-11-7-14-12-10/h1-7,13H. The molecule has 4 nitrogen and oxygen atoms in total. The monoisotopic (exact) mass is 188 g/mol. The minimum Gasteiger partial charge on any atom is -0.508 e. The molecule has 0 aliphatic carbocycles. The maximum absolute atomic E-state index is 9.19. The fourth-order valence-electron chi connectivity index (χ4n) is 1.05. The van der Waals surface area contributed by atoms with Crippen LogP contribution in [0, 0.1) is 0 Å². The predicted octanol–water partition coefficient (Wildman–Crippen LogP) is 1.95. The SMILES string of the molecule is Oc1cccc(C=Cc2ncon2)c1.